The summed E-state index contributed by atoms with van der Waals surface area (Å²) >= 11 is 0. The smallest absolute Gasteiger partial charge is 0.455 e. The van der Waals surface area contributed by atoms with Crippen LogP contribution in [-0.2, 0) is 10.9 Å². The molecule has 0 fully saturated rings. The molecular formula is C12H5F11O2. The van der Waals surface area contributed by atoms with Crippen molar-refractivity contribution >= 4 is 5.97 Å². The van der Waals surface area contributed by atoms with Crippen LogP contribution in [0.15, 0.2) is 18.2 Å². The van der Waals surface area contributed by atoms with Gasteiger partial charge in [0, 0.05) is 0 Å². The summed E-state index contributed by atoms with van der Waals surface area (Å²) in [4.78, 5) is 11.3. The molecule has 25 heavy (non-hydrogen) atoms. The number of ether oxygens (including phenoxy) is 1. The Morgan fingerprint density at radius 3 is 1.88 bits per heavy atom. The maximum Gasteiger partial charge on any atom is 0.460 e. The van der Waals surface area contributed by atoms with Crippen LogP contribution in [0.3, 0.4) is 0 Å². The van der Waals surface area contributed by atoms with Crippen LogP contribution in [0.5, 0.6) is 0 Å². The highest BCUT2D eigenvalue weighted by molar-refractivity contribution is 5.91. The van der Waals surface area contributed by atoms with Gasteiger partial charge in [0.25, 0.3) is 0 Å². The molecule has 0 aliphatic carbocycles. The van der Waals surface area contributed by atoms with Gasteiger partial charge in [-0.15, -0.1) is 0 Å². The lowest BCUT2D eigenvalue weighted by Gasteiger charge is -2.27. The number of alkyl halides is 10. The van der Waals surface area contributed by atoms with Gasteiger partial charge in [-0.3, -0.25) is 0 Å². The fourth-order valence-corrected chi connectivity index (χ4v) is 1.46. The zero-order chi connectivity index (χ0) is 19.8. The molecule has 0 aromatic heterocycles. The highest BCUT2D eigenvalue weighted by Gasteiger charge is 2.73. The Labute approximate surface area is 131 Å². The zero-order valence-electron chi connectivity index (χ0n) is 11.4. The van der Waals surface area contributed by atoms with E-state index in [1.54, 1.807) is 0 Å². The van der Waals surface area contributed by atoms with E-state index in [0.717, 1.165) is 0 Å². The molecule has 0 amide bonds. The number of hydrogen-bond acceptors (Lipinski definition) is 2. The fraction of sp³-hybridized carbons (Fsp3) is 0.417. The average Bonchev–Trinajstić information content (AvgIpc) is 2.42. The van der Waals surface area contributed by atoms with Crippen LogP contribution in [0.1, 0.15) is 15.9 Å². The lowest BCUT2D eigenvalue weighted by molar-refractivity contribution is -0.359. The molecule has 0 radical (unpaired) electrons. The van der Waals surface area contributed by atoms with E-state index >= 15 is 0 Å². The van der Waals surface area contributed by atoms with E-state index in [0.29, 0.717) is 0 Å². The van der Waals surface area contributed by atoms with Crippen LogP contribution in [0.4, 0.5) is 48.3 Å². The Hall–Kier alpha value is -2.08. The maximum atomic E-state index is 12.9. The molecule has 0 unspecified atom stereocenters. The standard InChI is InChI=1S/C12H5F11O2/c13-5-1-2-7(10(16,17)18)6(3-5)8(24)25-4-9(14,15)11(19,20)12(21,22)23/h1-3H,4H2. The second-order valence-corrected chi connectivity index (χ2v) is 4.54. The van der Waals surface area contributed by atoms with Gasteiger partial charge in [-0.1, -0.05) is 0 Å². The minimum atomic E-state index is -6.71. The van der Waals surface area contributed by atoms with E-state index in [1.807, 2.05) is 0 Å². The molecule has 1 aromatic rings. The summed E-state index contributed by atoms with van der Waals surface area (Å²) in [6.45, 7) is -2.88. The third-order valence-electron chi connectivity index (χ3n) is 2.71. The van der Waals surface area contributed by atoms with E-state index in [1.165, 1.54) is 0 Å². The first-order valence-corrected chi connectivity index (χ1v) is 5.87. The molecule has 142 valence electrons. The Morgan fingerprint density at radius 2 is 1.44 bits per heavy atom. The molecule has 13 heteroatoms. The minimum Gasteiger partial charge on any atom is -0.455 e. The molecule has 0 aliphatic heterocycles. The second kappa shape index (κ2) is 6.33. The van der Waals surface area contributed by atoms with Crippen molar-refractivity contribution in [1.82, 2.24) is 0 Å². The first-order chi connectivity index (χ1) is 11.0. The van der Waals surface area contributed by atoms with Gasteiger partial charge in [0.2, 0.25) is 0 Å². The van der Waals surface area contributed by atoms with Gasteiger partial charge < -0.3 is 4.74 Å². The van der Waals surface area contributed by atoms with Crippen LogP contribution in [0.25, 0.3) is 0 Å². The quantitative estimate of drug-likeness (QED) is 0.544. The van der Waals surface area contributed by atoms with Gasteiger partial charge in [0.1, 0.15) is 5.82 Å². The van der Waals surface area contributed by atoms with Crippen LogP contribution >= 0.6 is 0 Å². The lowest BCUT2D eigenvalue weighted by Crippen LogP contribution is -2.54. The van der Waals surface area contributed by atoms with Crippen molar-refractivity contribution < 1.29 is 57.8 Å². The molecule has 1 aromatic carbocycles. The van der Waals surface area contributed by atoms with Gasteiger partial charge in [0.15, 0.2) is 6.61 Å². The first kappa shape index (κ1) is 21.0. The molecule has 0 atom stereocenters. The average molecular weight is 390 g/mol. The van der Waals surface area contributed by atoms with Gasteiger partial charge in [0.05, 0.1) is 11.1 Å². The molecule has 0 heterocycles. The normalized spacial score (nSPS) is 13.7. The third-order valence-corrected chi connectivity index (χ3v) is 2.71. The van der Waals surface area contributed by atoms with Crippen LogP contribution in [-0.4, -0.2) is 30.6 Å². The van der Waals surface area contributed by atoms with E-state index in [-0.39, 0.29) is 18.2 Å². The Kier molecular flexibility index (Phi) is 5.31. The summed E-state index contributed by atoms with van der Waals surface area (Å²) in [5.41, 5.74) is -3.52. The summed E-state index contributed by atoms with van der Waals surface area (Å²) in [7, 11) is 0. The largest absolute Gasteiger partial charge is 0.460 e. The van der Waals surface area contributed by atoms with Crippen molar-refractivity contribution in [1.29, 1.82) is 0 Å². The monoisotopic (exact) mass is 390 g/mol. The second-order valence-electron chi connectivity index (χ2n) is 4.54. The van der Waals surface area contributed by atoms with E-state index in [4.69, 9.17) is 0 Å². The van der Waals surface area contributed by atoms with Crippen molar-refractivity contribution in [2.45, 2.75) is 24.2 Å². The van der Waals surface area contributed by atoms with Crippen molar-refractivity contribution in [3.8, 4) is 0 Å². The van der Waals surface area contributed by atoms with Crippen LogP contribution in [0, 0.1) is 5.82 Å². The first-order valence-electron chi connectivity index (χ1n) is 5.87. The fourth-order valence-electron chi connectivity index (χ4n) is 1.46. The highest BCUT2D eigenvalue weighted by Crippen LogP contribution is 2.46. The molecule has 0 saturated heterocycles. The lowest BCUT2D eigenvalue weighted by atomic mass is 10.1. The molecule has 0 bridgehead atoms. The van der Waals surface area contributed by atoms with Crippen molar-refractivity contribution in [2.24, 2.45) is 0 Å². The summed E-state index contributed by atoms with van der Waals surface area (Å²) in [6.07, 6.45) is -12.0. The van der Waals surface area contributed by atoms with Crippen LogP contribution in [0.2, 0.25) is 0 Å². The van der Waals surface area contributed by atoms with E-state index < -0.39 is 53.7 Å². The molecule has 0 aliphatic rings. The summed E-state index contributed by atoms with van der Waals surface area (Å²) in [5, 5.41) is 0. The molecule has 0 N–H and O–H groups in total. The molecule has 2 nitrogen and oxygen atoms in total. The van der Waals surface area contributed by atoms with Crippen molar-refractivity contribution in [3.05, 3.63) is 35.1 Å². The topological polar surface area (TPSA) is 26.3 Å². The molecular weight excluding hydrogens is 385 g/mol. The van der Waals surface area contributed by atoms with Gasteiger partial charge in [-0.25, -0.2) is 9.18 Å². The Morgan fingerprint density at radius 1 is 0.920 bits per heavy atom. The molecule has 0 spiro atoms. The minimum absolute atomic E-state index is 0.0361. The number of carbonyl (C=O) groups excluding carboxylic acids is 1. The Bertz CT molecular complexity index is 645. The van der Waals surface area contributed by atoms with E-state index in [9.17, 15) is 53.1 Å². The van der Waals surface area contributed by atoms with Crippen molar-refractivity contribution in [3.63, 3.8) is 0 Å². The maximum absolute atomic E-state index is 12.9. The summed E-state index contributed by atoms with van der Waals surface area (Å²) in [5.74, 6) is -16.4. The summed E-state index contributed by atoms with van der Waals surface area (Å²) < 4.78 is 141. The summed E-state index contributed by atoms with van der Waals surface area (Å²) in [6, 6.07) is 0.200. The number of hydrogen-bond donors (Lipinski definition) is 0. The number of halogens is 11. The Balaban J connectivity index is 3.08. The van der Waals surface area contributed by atoms with Crippen molar-refractivity contribution in [2.75, 3.05) is 6.61 Å². The predicted molar refractivity (Wildman–Crippen MR) is 57.6 cm³/mol. The zero-order valence-corrected chi connectivity index (χ0v) is 11.4. The molecule has 1 rings (SSSR count). The highest BCUT2D eigenvalue weighted by atomic mass is 19.4. The SMILES string of the molecule is O=C(OCC(F)(F)C(F)(F)C(F)(F)F)c1cc(F)ccc1C(F)(F)F. The van der Waals surface area contributed by atoms with Gasteiger partial charge in [-0.2, -0.15) is 43.9 Å². The van der Waals surface area contributed by atoms with Gasteiger partial charge in [-0.05, 0) is 18.2 Å². The number of benzene rings is 1. The number of rotatable bonds is 4. The van der Waals surface area contributed by atoms with Gasteiger partial charge >= 0.3 is 30.2 Å². The van der Waals surface area contributed by atoms with Crippen LogP contribution < -0.4 is 0 Å². The number of esters is 1. The predicted octanol–water partition coefficient (Wildman–Crippen LogP) is 4.83. The molecule has 0 saturated carbocycles. The number of carbonyl (C=O) groups is 1. The third kappa shape index (κ3) is 4.31. The van der Waals surface area contributed by atoms with E-state index in [2.05, 4.69) is 4.74 Å².